The second-order valence-corrected chi connectivity index (χ2v) is 4.53. The summed E-state index contributed by atoms with van der Waals surface area (Å²) in [6.07, 6.45) is 3.32. The summed E-state index contributed by atoms with van der Waals surface area (Å²) < 4.78 is 16.4. The maximum Gasteiger partial charge on any atom is 0.203 e. The number of para-hydroxylation sites is 1. The number of methoxy groups -OCH3 is 2. The third-order valence-corrected chi connectivity index (χ3v) is 3.15. The van der Waals surface area contributed by atoms with Crippen molar-refractivity contribution in [3.05, 3.63) is 18.2 Å². The fourth-order valence-corrected chi connectivity index (χ4v) is 1.83. The van der Waals surface area contributed by atoms with Gasteiger partial charge < -0.3 is 19.5 Å². The monoisotopic (exact) mass is 267 g/mol. The first-order chi connectivity index (χ1) is 9.22. The van der Waals surface area contributed by atoms with Crippen LogP contribution in [0.4, 0.5) is 0 Å². The van der Waals surface area contributed by atoms with E-state index in [1.165, 1.54) is 0 Å². The van der Waals surface area contributed by atoms with Gasteiger partial charge in [-0.2, -0.15) is 0 Å². The van der Waals surface area contributed by atoms with Gasteiger partial charge in [0.1, 0.15) is 0 Å². The van der Waals surface area contributed by atoms with Gasteiger partial charge in [0, 0.05) is 6.04 Å². The summed E-state index contributed by atoms with van der Waals surface area (Å²) in [5, 5.41) is 3.23. The van der Waals surface area contributed by atoms with Crippen LogP contribution >= 0.6 is 0 Å². The summed E-state index contributed by atoms with van der Waals surface area (Å²) in [7, 11) is 5.26. The van der Waals surface area contributed by atoms with Crippen molar-refractivity contribution >= 4 is 0 Å². The van der Waals surface area contributed by atoms with Crippen molar-refractivity contribution in [2.45, 2.75) is 32.2 Å². The lowest BCUT2D eigenvalue weighted by molar-refractivity contribution is 0.266. The molecule has 4 nitrogen and oxygen atoms in total. The summed E-state index contributed by atoms with van der Waals surface area (Å²) in [5.41, 5.74) is 0. The van der Waals surface area contributed by atoms with Crippen molar-refractivity contribution in [3.63, 3.8) is 0 Å². The molecule has 1 N–H and O–H groups in total. The average molecular weight is 267 g/mol. The van der Waals surface area contributed by atoms with Crippen molar-refractivity contribution < 1.29 is 14.2 Å². The van der Waals surface area contributed by atoms with E-state index >= 15 is 0 Å². The van der Waals surface area contributed by atoms with Crippen LogP contribution in [-0.2, 0) is 0 Å². The number of hydrogen-bond acceptors (Lipinski definition) is 4. The lowest BCUT2D eigenvalue weighted by Gasteiger charge is -2.14. The van der Waals surface area contributed by atoms with E-state index in [1.54, 1.807) is 14.2 Å². The molecule has 1 unspecified atom stereocenters. The van der Waals surface area contributed by atoms with Gasteiger partial charge in [-0.1, -0.05) is 6.07 Å². The van der Waals surface area contributed by atoms with E-state index in [4.69, 9.17) is 14.2 Å². The minimum Gasteiger partial charge on any atom is -0.493 e. The van der Waals surface area contributed by atoms with Crippen LogP contribution in [0.15, 0.2) is 18.2 Å². The van der Waals surface area contributed by atoms with Crippen molar-refractivity contribution in [1.82, 2.24) is 5.32 Å². The highest BCUT2D eigenvalue weighted by atomic mass is 16.5. The molecule has 0 saturated carbocycles. The molecule has 0 saturated heterocycles. The summed E-state index contributed by atoms with van der Waals surface area (Å²) >= 11 is 0. The van der Waals surface area contributed by atoms with Gasteiger partial charge in [0.15, 0.2) is 11.5 Å². The second-order valence-electron chi connectivity index (χ2n) is 4.53. The van der Waals surface area contributed by atoms with Gasteiger partial charge in [-0.05, 0) is 45.4 Å². The lowest BCUT2D eigenvalue weighted by Crippen LogP contribution is -2.20. The summed E-state index contributed by atoms with van der Waals surface area (Å²) in [4.78, 5) is 0. The molecular weight excluding hydrogens is 242 g/mol. The van der Waals surface area contributed by atoms with Crippen molar-refractivity contribution in [2.75, 3.05) is 27.9 Å². The number of hydrogen-bond donors (Lipinski definition) is 1. The first kappa shape index (κ1) is 15.6. The topological polar surface area (TPSA) is 39.7 Å². The standard InChI is InChI=1S/C15H25NO3/c1-12(16-2)8-5-6-11-19-15-13(17-3)9-7-10-14(15)18-4/h7,9-10,12,16H,5-6,8,11H2,1-4H3. The molecular formula is C15H25NO3. The lowest BCUT2D eigenvalue weighted by atomic mass is 10.1. The Morgan fingerprint density at radius 1 is 1.11 bits per heavy atom. The Kier molecular flexibility index (Phi) is 7.11. The Morgan fingerprint density at radius 3 is 2.26 bits per heavy atom. The smallest absolute Gasteiger partial charge is 0.203 e. The molecule has 1 aromatic carbocycles. The Hall–Kier alpha value is -1.42. The van der Waals surface area contributed by atoms with Crippen LogP contribution in [0, 0.1) is 0 Å². The first-order valence-electron chi connectivity index (χ1n) is 6.74. The van der Waals surface area contributed by atoms with Gasteiger partial charge >= 0.3 is 0 Å². The molecule has 108 valence electrons. The molecule has 0 fully saturated rings. The van der Waals surface area contributed by atoms with Crippen LogP contribution in [0.3, 0.4) is 0 Å². The normalized spacial score (nSPS) is 12.0. The SMILES string of the molecule is CNC(C)CCCCOc1c(OC)cccc1OC. The van der Waals surface area contributed by atoms with Crippen molar-refractivity contribution in [2.24, 2.45) is 0 Å². The highest BCUT2D eigenvalue weighted by Crippen LogP contribution is 2.36. The van der Waals surface area contributed by atoms with Crippen LogP contribution in [0.25, 0.3) is 0 Å². The number of ether oxygens (including phenoxy) is 3. The van der Waals surface area contributed by atoms with Crippen LogP contribution in [-0.4, -0.2) is 33.9 Å². The Labute approximate surface area is 116 Å². The maximum atomic E-state index is 5.80. The summed E-state index contributed by atoms with van der Waals surface area (Å²) in [5.74, 6) is 2.11. The molecule has 4 heteroatoms. The Morgan fingerprint density at radius 2 is 1.74 bits per heavy atom. The predicted molar refractivity (Wildman–Crippen MR) is 77.4 cm³/mol. The van der Waals surface area contributed by atoms with Gasteiger partial charge in [0.25, 0.3) is 0 Å². The van der Waals surface area contributed by atoms with Crippen LogP contribution in [0.2, 0.25) is 0 Å². The zero-order valence-electron chi connectivity index (χ0n) is 12.4. The summed E-state index contributed by atoms with van der Waals surface area (Å²) in [6.45, 7) is 2.86. The zero-order chi connectivity index (χ0) is 14.1. The molecule has 0 radical (unpaired) electrons. The number of unbranched alkanes of at least 4 members (excludes halogenated alkanes) is 1. The van der Waals surface area contributed by atoms with E-state index < -0.39 is 0 Å². The van der Waals surface area contributed by atoms with E-state index in [2.05, 4.69) is 12.2 Å². The molecule has 0 bridgehead atoms. The third kappa shape index (κ3) is 4.99. The molecule has 0 aromatic heterocycles. The third-order valence-electron chi connectivity index (χ3n) is 3.15. The van der Waals surface area contributed by atoms with Crippen LogP contribution in [0.5, 0.6) is 17.2 Å². The highest BCUT2D eigenvalue weighted by Gasteiger charge is 2.10. The molecule has 0 aliphatic rings. The van der Waals surface area contributed by atoms with Crippen molar-refractivity contribution in [3.8, 4) is 17.2 Å². The average Bonchev–Trinajstić information content (AvgIpc) is 2.46. The maximum absolute atomic E-state index is 5.80. The van der Waals surface area contributed by atoms with Gasteiger partial charge in [0.05, 0.1) is 20.8 Å². The summed E-state index contributed by atoms with van der Waals surface area (Å²) in [6, 6.07) is 6.20. The van der Waals surface area contributed by atoms with E-state index in [0.29, 0.717) is 29.9 Å². The molecule has 1 atom stereocenters. The molecule has 1 rings (SSSR count). The molecule has 0 aliphatic carbocycles. The van der Waals surface area contributed by atoms with Gasteiger partial charge in [-0.15, -0.1) is 0 Å². The minimum absolute atomic E-state index is 0.556. The van der Waals surface area contributed by atoms with E-state index in [1.807, 2.05) is 25.2 Å². The van der Waals surface area contributed by atoms with E-state index in [9.17, 15) is 0 Å². The fourth-order valence-electron chi connectivity index (χ4n) is 1.83. The minimum atomic E-state index is 0.556. The van der Waals surface area contributed by atoms with E-state index in [0.717, 1.165) is 19.3 Å². The number of nitrogens with one attached hydrogen (secondary N) is 1. The molecule has 0 heterocycles. The molecule has 19 heavy (non-hydrogen) atoms. The van der Waals surface area contributed by atoms with Crippen molar-refractivity contribution in [1.29, 1.82) is 0 Å². The molecule has 0 aliphatic heterocycles. The highest BCUT2D eigenvalue weighted by molar-refractivity contribution is 5.51. The van der Waals surface area contributed by atoms with Gasteiger partial charge in [0.2, 0.25) is 5.75 Å². The second kappa shape index (κ2) is 8.64. The number of benzene rings is 1. The Balaban J connectivity index is 2.44. The van der Waals surface area contributed by atoms with Gasteiger partial charge in [-0.25, -0.2) is 0 Å². The van der Waals surface area contributed by atoms with Crippen LogP contribution in [0.1, 0.15) is 26.2 Å². The predicted octanol–water partition coefficient (Wildman–Crippen LogP) is 2.86. The fraction of sp³-hybridized carbons (Fsp3) is 0.600. The molecule has 0 spiro atoms. The quantitative estimate of drug-likeness (QED) is 0.698. The van der Waals surface area contributed by atoms with Crippen LogP contribution < -0.4 is 19.5 Å². The molecule has 0 amide bonds. The molecule has 1 aromatic rings. The zero-order valence-corrected chi connectivity index (χ0v) is 12.4. The number of rotatable bonds is 9. The van der Waals surface area contributed by atoms with Gasteiger partial charge in [-0.3, -0.25) is 0 Å². The largest absolute Gasteiger partial charge is 0.493 e. The first-order valence-corrected chi connectivity index (χ1v) is 6.74. The Bertz CT molecular complexity index is 346. The van der Waals surface area contributed by atoms with E-state index in [-0.39, 0.29) is 0 Å².